The highest BCUT2D eigenvalue weighted by Gasteiger charge is 2.24. The van der Waals surface area contributed by atoms with Crippen LogP contribution in [-0.4, -0.2) is 26.3 Å². The Balaban J connectivity index is 3.30. The van der Waals surface area contributed by atoms with Gasteiger partial charge in [-0.3, -0.25) is 0 Å². The van der Waals surface area contributed by atoms with Gasteiger partial charge in [0, 0.05) is 13.6 Å². The highest BCUT2D eigenvalue weighted by molar-refractivity contribution is 7.89. The normalized spacial score (nSPS) is 12.1. The molecule has 96 valence electrons. The van der Waals surface area contributed by atoms with Gasteiger partial charge >= 0.3 is 0 Å². The predicted molar refractivity (Wildman–Crippen MR) is 71.0 cm³/mol. The summed E-state index contributed by atoms with van der Waals surface area (Å²) >= 11 is 11.7. The van der Waals surface area contributed by atoms with Crippen molar-refractivity contribution in [1.29, 1.82) is 0 Å². The zero-order chi connectivity index (χ0) is 13.2. The first-order chi connectivity index (χ1) is 7.82. The van der Waals surface area contributed by atoms with Crippen molar-refractivity contribution in [1.82, 2.24) is 4.31 Å². The lowest BCUT2D eigenvalue weighted by atomic mass is 10.3. The van der Waals surface area contributed by atoms with Gasteiger partial charge in [0.2, 0.25) is 10.0 Å². The molecule has 0 unspecified atom stereocenters. The molecule has 7 heteroatoms. The van der Waals surface area contributed by atoms with Gasteiger partial charge in [-0.05, 0) is 18.6 Å². The largest absolute Gasteiger partial charge is 0.396 e. The van der Waals surface area contributed by atoms with Gasteiger partial charge in [0.1, 0.15) is 4.90 Å². The Morgan fingerprint density at radius 2 is 1.94 bits per heavy atom. The van der Waals surface area contributed by atoms with Gasteiger partial charge in [-0.2, -0.15) is 0 Å². The molecular formula is C10H14Cl2N2O2S. The van der Waals surface area contributed by atoms with Crippen molar-refractivity contribution >= 4 is 38.9 Å². The summed E-state index contributed by atoms with van der Waals surface area (Å²) in [5.41, 5.74) is 5.69. The summed E-state index contributed by atoms with van der Waals surface area (Å²) in [6.07, 6.45) is 0.719. The fourth-order valence-corrected chi connectivity index (χ4v) is 3.35. The van der Waals surface area contributed by atoms with Crippen LogP contribution in [-0.2, 0) is 10.0 Å². The predicted octanol–water partition coefficient (Wildman–Crippen LogP) is 2.61. The van der Waals surface area contributed by atoms with Gasteiger partial charge in [0.25, 0.3) is 0 Å². The summed E-state index contributed by atoms with van der Waals surface area (Å²) in [4.78, 5) is -0.0167. The van der Waals surface area contributed by atoms with Gasteiger partial charge in [0.15, 0.2) is 0 Å². The monoisotopic (exact) mass is 296 g/mol. The van der Waals surface area contributed by atoms with Gasteiger partial charge < -0.3 is 5.73 Å². The molecule has 4 nitrogen and oxygen atoms in total. The first-order valence-electron chi connectivity index (χ1n) is 5.02. The average Bonchev–Trinajstić information content (AvgIpc) is 2.26. The Morgan fingerprint density at radius 3 is 2.47 bits per heavy atom. The summed E-state index contributed by atoms with van der Waals surface area (Å²) < 4.78 is 25.5. The van der Waals surface area contributed by atoms with Crippen molar-refractivity contribution in [3.8, 4) is 0 Å². The Kier molecular flexibility index (Phi) is 4.66. The minimum absolute atomic E-state index is 0.0167. The van der Waals surface area contributed by atoms with E-state index in [1.165, 1.54) is 23.5 Å². The van der Waals surface area contributed by atoms with E-state index in [9.17, 15) is 8.42 Å². The Morgan fingerprint density at radius 1 is 1.35 bits per heavy atom. The van der Waals surface area contributed by atoms with Crippen LogP contribution in [0.4, 0.5) is 5.69 Å². The molecule has 0 radical (unpaired) electrons. The van der Waals surface area contributed by atoms with Crippen molar-refractivity contribution in [2.45, 2.75) is 18.2 Å². The molecule has 1 rings (SSSR count). The maximum Gasteiger partial charge on any atom is 0.244 e. The number of anilines is 1. The molecule has 0 spiro atoms. The lowest BCUT2D eigenvalue weighted by Gasteiger charge is -2.17. The van der Waals surface area contributed by atoms with Gasteiger partial charge in [0.05, 0.1) is 15.7 Å². The second-order valence-corrected chi connectivity index (χ2v) is 6.40. The highest BCUT2D eigenvalue weighted by Crippen LogP contribution is 2.34. The number of nitrogens with zero attached hydrogens (tertiary/aromatic N) is 1. The van der Waals surface area contributed by atoms with Crippen molar-refractivity contribution in [3.05, 3.63) is 22.2 Å². The van der Waals surface area contributed by atoms with E-state index in [0.717, 1.165) is 6.42 Å². The first kappa shape index (κ1) is 14.6. The first-order valence-corrected chi connectivity index (χ1v) is 7.21. The lowest BCUT2D eigenvalue weighted by molar-refractivity contribution is 0.468. The third-order valence-electron chi connectivity index (χ3n) is 2.32. The lowest BCUT2D eigenvalue weighted by Crippen LogP contribution is -2.28. The molecule has 0 aliphatic carbocycles. The molecule has 0 amide bonds. The van der Waals surface area contributed by atoms with E-state index in [2.05, 4.69) is 0 Å². The summed E-state index contributed by atoms with van der Waals surface area (Å²) in [5.74, 6) is 0. The number of hydrogen-bond acceptors (Lipinski definition) is 3. The van der Waals surface area contributed by atoms with E-state index in [1.54, 1.807) is 0 Å². The van der Waals surface area contributed by atoms with Crippen LogP contribution in [0.3, 0.4) is 0 Å². The topological polar surface area (TPSA) is 63.4 Å². The van der Waals surface area contributed by atoms with E-state index >= 15 is 0 Å². The van der Waals surface area contributed by atoms with E-state index in [0.29, 0.717) is 6.54 Å². The second-order valence-electron chi connectivity index (χ2n) is 3.60. The third kappa shape index (κ3) is 2.85. The molecule has 0 aromatic heterocycles. The smallest absolute Gasteiger partial charge is 0.244 e. The number of nitrogens with two attached hydrogens (primary N) is 1. The Bertz CT molecular complexity index is 517. The second kappa shape index (κ2) is 5.44. The van der Waals surface area contributed by atoms with Crippen LogP contribution in [0.2, 0.25) is 10.0 Å². The van der Waals surface area contributed by atoms with Crippen LogP contribution < -0.4 is 5.73 Å². The van der Waals surface area contributed by atoms with E-state index in [1.807, 2.05) is 6.92 Å². The molecule has 2 N–H and O–H groups in total. The van der Waals surface area contributed by atoms with Crippen molar-refractivity contribution in [2.75, 3.05) is 19.3 Å². The van der Waals surface area contributed by atoms with Crippen molar-refractivity contribution in [2.24, 2.45) is 0 Å². The Hall–Kier alpha value is -0.490. The zero-order valence-electron chi connectivity index (χ0n) is 9.57. The quantitative estimate of drug-likeness (QED) is 0.869. The average molecular weight is 297 g/mol. The van der Waals surface area contributed by atoms with Crippen molar-refractivity contribution in [3.63, 3.8) is 0 Å². The molecule has 0 aliphatic heterocycles. The van der Waals surface area contributed by atoms with Gasteiger partial charge in [-0.15, -0.1) is 0 Å². The molecular weight excluding hydrogens is 283 g/mol. The van der Waals surface area contributed by atoms with Crippen LogP contribution in [0.25, 0.3) is 0 Å². The number of hydrogen-bond donors (Lipinski definition) is 1. The summed E-state index contributed by atoms with van der Waals surface area (Å²) in [5, 5.41) is 0.215. The minimum Gasteiger partial charge on any atom is -0.396 e. The molecule has 0 bridgehead atoms. The van der Waals surface area contributed by atoms with Crippen LogP contribution in [0.15, 0.2) is 17.0 Å². The number of benzene rings is 1. The maximum absolute atomic E-state index is 12.1. The fraction of sp³-hybridized carbons (Fsp3) is 0.400. The summed E-state index contributed by atoms with van der Waals surface area (Å²) in [7, 11) is -2.11. The molecule has 1 aromatic rings. The molecule has 0 saturated carbocycles. The number of sulfonamides is 1. The standard InChI is InChI=1S/C10H14Cl2N2O2S/c1-3-6-14(2)17(15,16)8-5-4-7(11)10(13)9(8)12/h4-5H,3,6,13H2,1-2H3. The Labute approximate surface area is 111 Å². The number of rotatable bonds is 4. The third-order valence-corrected chi connectivity index (χ3v) is 5.07. The fourth-order valence-electron chi connectivity index (χ4n) is 1.35. The van der Waals surface area contributed by atoms with Crippen LogP contribution in [0.5, 0.6) is 0 Å². The molecule has 0 aliphatic rings. The molecule has 17 heavy (non-hydrogen) atoms. The van der Waals surface area contributed by atoms with Crippen LogP contribution in [0, 0.1) is 0 Å². The SMILES string of the molecule is CCCN(C)S(=O)(=O)c1ccc(Cl)c(N)c1Cl. The summed E-state index contributed by atoms with van der Waals surface area (Å²) in [6.45, 7) is 2.31. The van der Waals surface area contributed by atoms with E-state index in [4.69, 9.17) is 28.9 Å². The number of halogens is 2. The highest BCUT2D eigenvalue weighted by atomic mass is 35.5. The number of nitrogen functional groups attached to an aromatic ring is 1. The summed E-state index contributed by atoms with van der Waals surface area (Å²) in [6, 6.07) is 2.79. The maximum atomic E-state index is 12.1. The van der Waals surface area contributed by atoms with E-state index in [-0.39, 0.29) is 20.6 Å². The molecule has 0 atom stereocenters. The minimum atomic E-state index is -3.61. The molecule has 0 heterocycles. The van der Waals surface area contributed by atoms with Gasteiger partial charge in [-0.1, -0.05) is 30.1 Å². The van der Waals surface area contributed by atoms with E-state index < -0.39 is 10.0 Å². The molecule has 0 fully saturated rings. The van der Waals surface area contributed by atoms with Crippen molar-refractivity contribution < 1.29 is 8.42 Å². The molecule has 0 saturated heterocycles. The van der Waals surface area contributed by atoms with Crippen LogP contribution in [0.1, 0.15) is 13.3 Å². The zero-order valence-corrected chi connectivity index (χ0v) is 11.9. The molecule has 1 aromatic carbocycles. The van der Waals surface area contributed by atoms with Crippen LogP contribution >= 0.6 is 23.2 Å². The van der Waals surface area contributed by atoms with Gasteiger partial charge in [-0.25, -0.2) is 12.7 Å².